The van der Waals surface area contributed by atoms with E-state index in [0.29, 0.717) is 5.39 Å². The van der Waals surface area contributed by atoms with Crippen molar-refractivity contribution in [1.82, 2.24) is 0 Å². The molecular weight excluding hydrogens is 212 g/mol. The Labute approximate surface area is 92.0 Å². The van der Waals surface area contributed by atoms with E-state index in [2.05, 4.69) is 0 Å². The van der Waals surface area contributed by atoms with Crippen molar-refractivity contribution in [2.75, 3.05) is 0 Å². The molecule has 0 fully saturated rings. The molecule has 1 heterocycles. The van der Waals surface area contributed by atoms with Crippen molar-refractivity contribution in [2.24, 2.45) is 5.73 Å². The lowest BCUT2D eigenvalue weighted by Crippen LogP contribution is -2.24. The van der Waals surface area contributed by atoms with Crippen LogP contribution in [-0.4, -0.2) is 6.04 Å². The van der Waals surface area contributed by atoms with Crippen molar-refractivity contribution >= 4 is 11.0 Å². The first-order valence-electron chi connectivity index (χ1n) is 5.13. The van der Waals surface area contributed by atoms with Crippen LogP contribution < -0.4 is 5.73 Å². The number of fused-ring (bicyclic) bond motifs is 1. The molecule has 0 spiro atoms. The first-order chi connectivity index (χ1) is 7.52. The third kappa shape index (κ3) is 1.59. The molecule has 0 bridgehead atoms. The Morgan fingerprint density at radius 3 is 2.62 bits per heavy atom. The van der Waals surface area contributed by atoms with Gasteiger partial charge in [-0.15, -0.1) is 0 Å². The van der Waals surface area contributed by atoms with Crippen LogP contribution in [0.5, 0.6) is 0 Å². The molecule has 0 aliphatic heterocycles. The lowest BCUT2D eigenvalue weighted by Gasteiger charge is -2.17. The molecule has 2 atom stereocenters. The van der Waals surface area contributed by atoms with Gasteiger partial charge >= 0.3 is 0 Å². The van der Waals surface area contributed by atoms with Crippen molar-refractivity contribution in [1.29, 1.82) is 0 Å². The highest BCUT2D eigenvalue weighted by Crippen LogP contribution is 2.30. The van der Waals surface area contributed by atoms with E-state index in [1.54, 1.807) is 13.8 Å². The van der Waals surface area contributed by atoms with Gasteiger partial charge in [-0.1, -0.05) is 6.92 Å². The van der Waals surface area contributed by atoms with Gasteiger partial charge in [0.15, 0.2) is 11.4 Å². The zero-order chi connectivity index (χ0) is 11.9. The number of halogens is 2. The van der Waals surface area contributed by atoms with Gasteiger partial charge in [0.1, 0.15) is 5.82 Å². The Bertz CT molecular complexity index is 519. The lowest BCUT2D eigenvalue weighted by atomic mass is 9.93. The second-order valence-corrected chi connectivity index (χ2v) is 4.07. The van der Waals surface area contributed by atoms with Crippen LogP contribution in [0.25, 0.3) is 11.0 Å². The predicted molar refractivity (Wildman–Crippen MR) is 58.2 cm³/mol. The summed E-state index contributed by atoms with van der Waals surface area (Å²) in [6, 6.07) is 2.48. The molecule has 16 heavy (non-hydrogen) atoms. The molecule has 0 amide bonds. The molecular formula is C12H13F2NO. The van der Waals surface area contributed by atoms with Gasteiger partial charge in [-0.25, -0.2) is 8.78 Å². The van der Waals surface area contributed by atoms with Crippen LogP contribution in [0.2, 0.25) is 0 Å². The van der Waals surface area contributed by atoms with E-state index in [1.807, 2.05) is 0 Å². The van der Waals surface area contributed by atoms with Crippen LogP contribution in [0.4, 0.5) is 8.78 Å². The fourth-order valence-electron chi connectivity index (χ4n) is 1.73. The van der Waals surface area contributed by atoms with Gasteiger partial charge < -0.3 is 10.2 Å². The summed E-state index contributed by atoms with van der Waals surface area (Å²) in [7, 11) is 0. The Balaban J connectivity index is 2.68. The Hall–Kier alpha value is -1.42. The maximum absolute atomic E-state index is 14.0. The smallest absolute Gasteiger partial charge is 0.172 e. The Kier molecular flexibility index (Phi) is 2.68. The molecule has 2 N–H and O–H groups in total. The molecule has 0 aliphatic rings. The lowest BCUT2D eigenvalue weighted by molar-refractivity contribution is 0.493. The van der Waals surface area contributed by atoms with Crippen LogP contribution in [0.1, 0.15) is 25.3 Å². The van der Waals surface area contributed by atoms with Crippen LogP contribution in [-0.2, 0) is 0 Å². The van der Waals surface area contributed by atoms with Gasteiger partial charge in [-0.2, -0.15) is 0 Å². The van der Waals surface area contributed by atoms with Crippen LogP contribution >= 0.6 is 0 Å². The van der Waals surface area contributed by atoms with E-state index in [-0.39, 0.29) is 17.2 Å². The molecule has 86 valence electrons. The van der Waals surface area contributed by atoms with Gasteiger partial charge in [0.05, 0.1) is 6.26 Å². The van der Waals surface area contributed by atoms with Gasteiger partial charge in [0, 0.05) is 22.9 Å². The standard InChI is InChI=1S/C12H13F2NO/c1-6(7(2)15)10-9(13)5-8-3-4-16-12(8)11(10)14/h3-7H,15H2,1-2H3. The fourth-order valence-corrected chi connectivity index (χ4v) is 1.73. The normalized spacial score (nSPS) is 15.3. The van der Waals surface area contributed by atoms with Crippen LogP contribution in [0.15, 0.2) is 22.8 Å². The molecule has 0 radical (unpaired) electrons. The highest BCUT2D eigenvalue weighted by molar-refractivity contribution is 5.78. The summed E-state index contributed by atoms with van der Waals surface area (Å²) in [5.41, 5.74) is 5.75. The summed E-state index contributed by atoms with van der Waals surface area (Å²) in [6.07, 6.45) is 1.34. The summed E-state index contributed by atoms with van der Waals surface area (Å²) in [4.78, 5) is 0. The van der Waals surface area contributed by atoms with E-state index in [1.165, 1.54) is 18.4 Å². The maximum Gasteiger partial charge on any atom is 0.172 e. The SMILES string of the molecule is CC(N)C(C)c1c(F)cc2ccoc2c1F. The quantitative estimate of drug-likeness (QED) is 0.852. The minimum absolute atomic E-state index is 0.00236. The third-order valence-corrected chi connectivity index (χ3v) is 2.92. The van der Waals surface area contributed by atoms with E-state index < -0.39 is 17.6 Å². The second-order valence-electron chi connectivity index (χ2n) is 4.07. The first kappa shape index (κ1) is 11.1. The monoisotopic (exact) mass is 225 g/mol. The molecule has 2 nitrogen and oxygen atoms in total. The minimum atomic E-state index is -0.648. The molecule has 0 saturated carbocycles. The van der Waals surface area contributed by atoms with Gasteiger partial charge in [-0.3, -0.25) is 0 Å². The highest BCUT2D eigenvalue weighted by atomic mass is 19.1. The van der Waals surface area contributed by atoms with Crippen molar-refractivity contribution in [3.63, 3.8) is 0 Å². The molecule has 0 saturated heterocycles. The average Bonchev–Trinajstić information content (AvgIpc) is 2.65. The van der Waals surface area contributed by atoms with Crippen molar-refractivity contribution in [3.8, 4) is 0 Å². The topological polar surface area (TPSA) is 39.2 Å². The van der Waals surface area contributed by atoms with Crippen LogP contribution in [0.3, 0.4) is 0 Å². The summed E-state index contributed by atoms with van der Waals surface area (Å²) in [6.45, 7) is 3.41. The van der Waals surface area contributed by atoms with Crippen molar-refractivity contribution < 1.29 is 13.2 Å². The molecule has 1 aromatic carbocycles. The number of nitrogens with two attached hydrogens (primary N) is 1. The van der Waals surface area contributed by atoms with Crippen LogP contribution in [0, 0.1) is 11.6 Å². The number of hydrogen-bond acceptors (Lipinski definition) is 2. The molecule has 2 rings (SSSR count). The summed E-state index contributed by atoms with van der Waals surface area (Å²) < 4.78 is 32.7. The van der Waals surface area contributed by atoms with Crippen molar-refractivity contribution in [3.05, 3.63) is 35.6 Å². The summed E-state index contributed by atoms with van der Waals surface area (Å²) in [5, 5.41) is 0.427. The van der Waals surface area contributed by atoms with E-state index in [9.17, 15) is 8.78 Å². The fraction of sp³-hybridized carbons (Fsp3) is 0.333. The van der Waals surface area contributed by atoms with Crippen molar-refractivity contribution in [2.45, 2.75) is 25.8 Å². The Morgan fingerprint density at radius 1 is 1.31 bits per heavy atom. The van der Waals surface area contributed by atoms with E-state index >= 15 is 0 Å². The number of hydrogen-bond donors (Lipinski definition) is 1. The molecule has 2 aromatic rings. The zero-order valence-electron chi connectivity index (χ0n) is 9.13. The zero-order valence-corrected chi connectivity index (χ0v) is 9.13. The first-order valence-corrected chi connectivity index (χ1v) is 5.13. The van der Waals surface area contributed by atoms with E-state index in [0.717, 1.165) is 0 Å². The number of furan rings is 1. The van der Waals surface area contributed by atoms with E-state index in [4.69, 9.17) is 10.2 Å². The minimum Gasteiger partial charge on any atom is -0.461 e. The van der Waals surface area contributed by atoms with Gasteiger partial charge in [-0.05, 0) is 19.1 Å². The average molecular weight is 225 g/mol. The van der Waals surface area contributed by atoms with Gasteiger partial charge in [0.2, 0.25) is 0 Å². The molecule has 0 aliphatic carbocycles. The number of benzene rings is 1. The highest BCUT2D eigenvalue weighted by Gasteiger charge is 2.23. The maximum atomic E-state index is 14.0. The molecule has 1 aromatic heterocycles. The molecule has 2 unspecified atom stereocenters. The number of rotatable bonds is 2. The predicted octanol–water partition coefficient (Wildman–Crippen LogP) is 3.16. The second kappa shape index (κ2) is 3.87. The summed E-state index contributed by atoms with van der Waals surface area (Å²) >= 11 is 0. The largest absolute Gasteiger partial charge is 0.461 e. The third-order valence-electron chi connectivity index (χ3n) is 2.92. The van der Waals surface area contributed by atoms with Gasteiger partial charge in [0.25, 0.3) is 0 Å². The Morgan fingerprint density at radius 2 is 2.00 bits per heavy atom. The summed E-state index contributed by atoms with van der Waals surface area (Å²) in [5.74, 6) is -1.62. The molecule has 4 heteroatoms.